The zero-order valence-corrected chi connectivity index (χ0v) is 11.3. The predicted octanol–water partition coefficient (Wildman–Crippen LogP) is 1.82. The fraction of sp³-hybridized carbons (Fsp3) is 0.600. The van der Waals surface area contributed by atoms with Gasteiger partial charge in [-0.3, -0.25) is 0 Å². The van der Waals surface area contributed by atoms with Crippen molar-refractivity contribution in [2.75, 3.05) is 25.6 Å². The van der Waals surface area contributed by atoms with Gasteiger partial charge in [0.25, 0.3) is 0 Å². The molecule has 2 N–H and O–H groups in total. The Morgan fingerprint density at radius 3 is 2.84 bits per heavy atom. The number of hydrogen-bond acceptors (Lipinski definition) is 4. The molecule has 0 spiro atoms. The van der Waals surface area contributed by atoms with Crippen molar-refractivity contribution in [2.45, 2.75) is 31.4 Å². The van der Waals surface area contributed by atoms with Gasteiger partial charge < -0.3 is 19.9 Å². The summed E-state index contributed by atoms with van der Waals surface area (Å²) in [6.07, 6.45) is 2.39. The van der Waals surface area contributed by atoms with Crippen molar-refractivity contribution in [3.63, 3.8) is 0 Å². The third kappa shape index (κ3) is 2.42. The second kappa shape index (κ2) is 5.39. The van der Waals surface area contributed by atoms with Gasteiger partial charge in [0.05, 0.1) is 24.9 Å². The van der Waals surface area contributed by atoms with Crippen molar-refractivity contribution < 1.29 is 14.6 Å². The second-order valence-electron chi connectivity index (χ2n) is 5.39. The highest BCUT2D eigenvalue weighted by Gasteiger charge is 2.34. The Kier molecular flexibility index (Phi) is 3.62. The van der Waals surface area contributed by atoms with E-state index in [0.717, 1.165) is 43.1 Å². The van der Waals surface area contributed by atoms with Gasteiger partial charge in [-0.1, -0.05) is 12.1 Å². The Morgan fingerprint density at radius 2 is 2.11 bits per heavy atom. The summed E-state index contributed by atoms with van der Waals surface area (Å²) in [5, 5.41) is 13.9. The van der Waals surface area contributed by atoms with E-state index in [0.29, 0.717) is 12.3 Å². The van der Waals surface area contributed by atoms with Gasteiger partial charge in [-0.15, -0.1) is 0 Å². The fourth-order valence-electron chi connectivity index (χ4n) is 3.20. The summed E-state index contributed by atoms with van der Waals surface area (Å²) in [5.41, 5.74) is 2.18. The van der Waals surface area contributed by atoms with E-state index >= 15 is 0 Å². The van der Waals surface area contributed by atoms with Crippen molar-refractivity contribution >= 4 is 5.69 Å². The highest BCUT2D eigenvalue weighted by atomic mass is 16.5. The zero-order valence-electron chi connectivity index (χ0n) is 11.3. The summed E-state index contributed by atoms with van der Waals surface area (Å²) >= 11 is 0. The molecule has 0 amide bonds. The first-order valence-corrected chi connectivity index (χ1v) is 6.98. The molecule has 1 aromatic carbocycles. The maximum Gasteiger partial charge on any atom is 0.142 e. The normalized spacial score (nSPS) is 27.5. The Morgan fingerprint density at radius 1 is 1.32 bits per heavy atom. The van der Waals surface area contributed by atoms with Gasteiger partial charge in [-0.2, -0.15) is 0 Å². The smallest absolute Gasteiger partial charge is 0.142 e. The maximum atomic E-state index is 10.4. The quantitative estimate of drug-likeness (QED) is 0.854. The molecule has 4 heteroatoms. The number of anilines is 1. The topological polar surface area (TPSA) is 50.7 Å². The van der Waals surface area contributed by atoms with Gasteiger partial charge in [-0.05, 0) is 30.4 Å². The Labute approximate surface area is 113 Å². The minimum Gasteiger partial charge on any atom is -0.495 e. The number of hydrogen-bond donors (Lipinski definition) is 2. The van der Waals surface area contributed by atoms with Gasteiger partial charge in [0.1, 0.15) is 5.75 Å². The molecule has 104 valence electrons. The molecule has 19 heavy (non-hydrogen) atoms. The summed E-state index contributed by atoms with van der Waals surface area (Å²) in [5.74, 6) is 1.34. The molecule has 2 aliphatic rings. The lowest BCUT2D eigenvalue weighted by Gasteiger charge is -2.39. The number of ether oxygens (including phenoxy) is 2. The van der Waals surface area contributed by atoms with E-state index in [1.165, 1.54) is 0 Å². The van der Waals surface area contributed by atoms with E-state index < -0.39 is 0 Å². The Hall–Kier alpha value is -1.26. The van der Waals surface area contributed by atoms with Crippen LogP contribution >= 0.6 is 0 Å². The molecule has 0 radical (unpaired) electrons. The molecule has 2 atom stereocenters. The van der Waals surface area contributed by atoms with Crippen LogP contribution in [0.2, 0.25) is 0 Å². The van der Waals surface area contributed by atoms with E-state index in [2.05, 4.69) is 5.32 Å². The fourth-order valence-corrected chi connectivity index (χ4v) is 3.20. The van der Waals surface area contributed by atoms with Crippen LogP contribution < -0.4 is 10.1 Å². The number of aliphatic hydroxyl groups excluding tert-OH is 1. The van der Waals surface area contributed by atoms with E-state index in [1.807, 2.05) is 18.2 Å². The molecule has 2 heterocycles. The lowest BCUT2D eigenvalue weighted by Crippen LogP contribution is -2.46. The maximum absolute atomic E-state index is 10.4. The van der Waals surface area contributed by atoms with Crippen molar-refractivity contribution in [3.8, 4) is 5.75 Å². The number of rotatable bonds is 2. The summed E-state index contributed by atoms with van der Waals surface area (Å²) < 4.78 is 10.8. The number of aliphatic hydroxyl groups is 1. The molecule has 3 rings (SSSR count). The molecule has 0 aliphatic carbocycles. The Balaban J connectivity index is 1.85. The predicted molar refractivity (Wildman–Crippen MR) is 73.7 cm³/mol. The molecule has 0 bridgehead atoms. The third-order valence-electron chi connectivity index (χ3n) is 4.26. The van der Waals surface area contributed by atoms with Crippen LogP contribution in [0.5, 0.6) is 5.75 Å². The number of methoxy groups -OCH3 is 1. The van der Waals surface area contributed by atoms with E-state index in [1.54, 1.807) is 7.11 Å². The van der Waals surface area contributed by atoms with Gasteiger partial charge in [-0.25, -0.2) is 0 Å². The number of benzene rings is 1. The van der Waals surface area contributed by atoms with Crippen LogP contribution in [0.1, 0.15) is 18.4 Å². The van der Waals surface area contributed by atoms with Crippen LogP contribution in [0.15, 0.2) is 18.2 Å². The van der Waals surface area contributed by atoms with Gasteiger partial charge in [0, 0.05) is 19.6 Å². The molecular weight excluding hydrogens is 242 g/mol. The molecule has 1 aromatic rings. The Bertz CT molecular complexity index is 443. The molecule has 1 fully saturated rings. The van der Waals surface area contributed by atoms with Crippen molar-refractivity contribution in [1.82, 2.24) is 0 Å². The van der Waals surface area contributed by atoms with Crippen molar-refractivity contribution in [2.24, 2.45) is 5.92 Å². The number of para-hydroxylation sites is 1. The average molecular weight is 263 g/mol. The molecule has 2 unspecified atom stereocenters. The minimum atomic E-state index is -0.331. The zero-order chi connectivity index (χ0) is 13.2. The SMILES string of the molecule is COc1cccc2c1NC(C1CCOCC1)C(O)C2. The number of fused-ring (bicyclic) bond motifs is 1. The van der Waals surface area contributed by atoms with Crippen LogP contribution in [0, 0.1) is 5.92 Å². The summed E-state index contributed by atoms with van der Waals surface area (Å²) in [7, 11) is 1.69. The van der Waals surface area contributed by atoms with Crippen molar-refractivity contribution in [1.29, 1.82) is 0 Å². The van der Waals surface area contributed by atoms with Crippen LogP contribution in [0.4, 0.5) is 5.69 Å². The molecule has 2 aliphatic heterocycles. The monoisotopic (exact) mass is 263 g/mol. The summed E-state index contributed by atoms with van der Waals surface area (Å²) in [6.45, 7) is 1.60. The second-order valence-corrected chi connectivity index (χ2v) is 5.39. The van der Waals surface area contributed by atoms with Gasteiger partial charge in [0.2, 0.25) is 0 Å². The molecule has 0 aromatic heterocycles. The van der Waals surface area contributed by atoms with Crippen LogP contribution in [-0.4, -0.2) is 37.6 Å². The number of nitrogens with one attached hydrogen (secondary N) is 1. The van der Waals surface area contributed by atoms with Crippen LogP contribution in [-0.2, 0) is 11.2 Å². The minimum absolute atomic E-state index is 0.104. The van der Waals surface area contributed by atoms with E-state index in [-0.39, 0.29) is 12.1 Å². The first kappa shape index (κ1) is 12.8. The largest absolute Gasteiger partial charge is 0.495 e. The lowest BCUT2D eigenvalue weighted by molar-refractivity contribution is 0.0347. The van der Waals surface area contributed by atoms with E-state index in [4.69, 9.17) is 9.47 Å². The van der Waals surface area contributed by atoms with Crippen molar-refractivity contribution in [3.05, 3.63) is 23.8 Å². The molecule has 0 saturated carbocycles. The third-order valence-corrected chi connectivity index (χ3v) is 4.26. The first-order valence-electron chi connectivity index (χ1n) is 6.98. The van der Waals surface area contributed by atoms with Crippen LogP contribution in [0.25, 0.3) is 0 Å². The molecule has 4 nitrogen and oxygen atoms in total. The van der Waals surface area contributed by atoms with Gasteiger partial charge in [0.15, 0.2) is 0 Å². The average Bonchev–Trinajstić information content (AvgIpc) is 2.46. The molecule has 1 saturated heterocycles. The summed E-state index contributed by atoms with van der Waals surface area (Å²) in [6, 6.07) is 6.09. The van der Waals surface area contributed by atoms with Gasteiger partial charge >= 0.3 is 0 Å². The highest BCUT2D eigenvalue weighted by Crippen LogP contribution is 2.37. The summed E-state index contributed by atoms with van der Waals surface area (Å²) in [4.78, 5) is 0. The standard InChI is InChI=1S/C15H21NO3/c1-18-13-4-2-3-11-9-12(17)14(16-15(11)13)10-5-7-19-8-6-10/h2-4,10,12,14,16-17H,5-9H2,1H3. The van der Waals surface area contributed by atoms with E-state index in [9.17, 15) is 5.11 Å². The molecular formula is C15H21NO3. The first-order chi connectivity index (χ1) is 9.29. The lowest BCUT2D eigenvalue weighted by atomic mass is 9.83. The van der Waals surface area contributed by atoms with Crippen LogP contribution in [0.3, 0.4) is 0 Å². The highest BCUT2D eigenvalue weighted by molar-refractivity contribution is 5.64.